The van der Waals surface area contributed by atoms with Crippen molar-refractivity contribution in [3.05, 3.63) is 45.8 Å². The van der Waals surface area contributed by atoms with Gasteiger partial charge in [0.1, 0.15) is 0 Å². The van der Waals surface area contributed by atoms with Gasteiger partial charge in [-0.3, -0.25) is 0 Å². The fraction of sp³-hybridized carbons (Fsp3) is 0.704. The lowest BCUT2D eigenvalue weighted by Gasteiger charge is -2.27. The molecule has 0 saturated carbocycles. The monoisotopic (exact) mass is 418 g/mol. The second kappa shape index (κ2) is 14.4. The highest BCUT2D eigenvalue weighted by Gasteiger charge is 2.22. The van der Waals surface area contributed by atoms with Gasteiger partial charge in [0, 0.05) is 5.92 Å². The molecule has 1 N–H and O–H groups in total. The third kappa shape index (κ3) is 10.3. The molecule has 4 unspecified atom stereocenters. The molecule has 0 aromatic rings. The molecule has 166 valence electrons. The molecule has 0 aliphatic heterocycles. The van der Waals surface area contributed by atoms with Gasteiger partial charge in [0.25, 0.3) is 0 Å². The maximum absolute atomic E-state index is 10.2. The molecule has 0 saturated heterocycles. The van der Waals surface area contributed by atoms with E-state index in [-0.39, 0.29) is 12.0 Å². The minimum atomic E-state index is -0.317. The summed E-state index contributed by atoms with van der Waals surface area (Å²) in [5.74, 6) is 0.982. The summed E-state index contributed by atoms with van der Waals surface area (Å²) in [4.78, 5) is 0. The van der Waals surface area contributed by atoms with Crippen molar-refractivity contribution in [2.75, 3.05) is 0 Å². The van der Waals surface area contributed by atoms with E-state index in [9.17, 15) is 5.11 Å². The van der Waals surface area contributed by atoms with Crippen LogP contribution in [0.15, 0.2) is 45.8 Å². The second-order valence-corrected chi connectivity index (χ2v) is 9.96. The highest BCUT2D eigenvalue weighted by molar-refractivity contribution is 7.23. The van der Waals surface area contributed by atoms with Crippen LogP contribution in [0.5, 0.6) is 0 Å². The van der Waals surface area contributed by atoms with Crippen molar-refractivity contribution in [2.24, 2.45) is 11.8 Å². The molecule has 1 aliphatic carbocycles. The van der Waals surface area contributed by atoms with Crippen molar-refractivity contribution in [3.8, 4) is 0 Å². The third-order valence-corrected chi connectivity index (χ3v) is 7.42. The van der Waals surface area contributed by atoms with E-state index in [1.165, 1.54) is 74.2 Å². The fourth-order valence-corrected chi connectivity index (χ4v) is 4.49. The molecule has 1 rings (SSSR count). The molecule has 29 heavy (non-hydrogen) atoms. The summed E-state index contributed by atoms with van der Waals surface area (Å²) in [6.45, 7) is 13.5. The highest BCUT2D eigenvalue weighted by Crippen LogP contribution is 2.36. The molecule has 0 heterocycles. The van der Waals surface area contributed by atoms with Gasteiger partial charge in [0.15, 0.2) is 0 Å². The maximum atomic E-state index is 10.2. The maximum Gasteiger partial charge on any atom is 0.0789 e. The largest absolute Gasteiger partial charge is 0.388 e. The Bertz CT molecular complexity index is 608. The Morgan fingerprint density at radius 2 is 1.76 bits per heavy atom. The molecule has 1 nitrogen and oxygen atoms in total. The van der Waals surface area contributed by atoms with Crippen LogP contribution < -0.4 is 0 Å². The van der Waals surface area contributed by atoms with Crippen LogP contribution in [0.2, 0.25) is 0 Å². The van der Waals surface area contributed by atoms with Crippen LogP contribution >= 0.6 is 9.24 Å². The Morgan fingerprint density at radius 3 is 2.45 bits per heavy atom. The third-order valence-electron chi connectivity index (χ3n) is 6.59. The fourth-order valence-electron chi connectivity index (χ4n) is 3.99. The van der Waals surface area contributed by atoms with Crippen LogP contribution in [0.25, 0.3) is 0 Å². The Labute approximate surface area is 184 Å². The first-order chi connectivity index (χ1) is 13.8. The first-order valence-electron chi connectivity index (χ1n) is 11.9. The highest BCUT2D eigenvalue weighted by atomic mass is 31.0. The first-order valence-corrected chi connectivity index (χ1v) is 12.5. The Morgan fingerprint density at radius 1 is 1.10 bits per heavy atom. The predicted molar refractivity (Wildman–Crippen MR) is 134 cm³/mol. The topological polar surface area (TPSA) is 20.2 Å². The second-order valence-electron chi connectivity index (χ2n) is 9.39. The van der Waals surface area contributed by atoms with Gasteiger partial charge in [-0.2, -0.15) is 0 Å². The standard InChI is InChI=1S/C27H47OP/c1-7-8-9-12-20(2)13-10-14-21(3)15-11-16-22(4)17-18-25-19-26(28)23(5)24(6)27(25)29/h12,14,19,22-23,26,28H,7-11,13,15-18,29H2,1-6H3/b20-12+,21-14+. The molecule has 4 atom stereocenters. The summed E-state index contributed by atoms with van der Waals surface area (Å²) in [5, 5.41) is 11.6. The number of rotatable bonds is 13. The van der Waals surface area contributed by atoms with Gasteiger partial charge in [-0.15, -0.1) is 9.24 Å². The zero-order chi connectivity index (χ0) is 21.8. The Hall–Kier alpha value is -0.650. The van der Waals surface area contributed by atoms with Gasteiger partial charge in [0.05, 0.1) is 6.10 Å². The zero-order valence-electron chi connectivity index (χ0n) is 20.1. The van der Waals surface area contributed by atoms with E-state index in [4.69, 9.17) is 0 Å². The first kappa shape index (κ1) is 26.4. The summed E-state index contributed by atoms with van der Waals surface area (Å²) in [6.07, 6.45) is 19.0. The van der Waals surface area contributed by atoms with Crippen LogP contribution in [0.1, 0.15) is 106 Å². The Kier molecular flexibility index (Phi) is 13.1. The molecule has 0 spiro atoms. The van der Waals surface area contributed by atoms with Crippen LogP contribution in [0.3, 0.4) is 0 Å². The minimum absolute atomic E-state index is 0.244. The summed E-state index contributed by atoms with van der Waals surface area (Å²) >= 11 is 0. The van der Waals surface area contributed by atoms with E-state index in [0.717, 1.165) is 12.3 Å². The molecular weight excluding hydrogens is 371 g/mol. The van der Waals surface area contributed by atoms with Gasteiger partial charge in [0.2, 0.25) is 0 Å². The van der Waals surface area contributed by atoms with Crippen molar-refractivity contribution in [3.63, 3.8) is 0 Å². The molecule has 0 bridgehead atoms. The molecule has 0 aromatic heterocycles. The molecule has 0 radical (unpaired) electrons. The van der Waals surface area contributed by atoms with Crippen molar-refractivity contribution in [1.29, 1.82) is 0 Å². The van der Waals surface area contributed by atoms with Crippen molar-refractivity contribution in [1.82, 2.24) is 0 Å². The number of unbranched alkanes of at least 4 members (excludes halogenated alkanes) is 2. The van der Waals surface area contributed by atoms with Crippen molar-refractivity contribution < 1.29 is 5.11 Å². The molecule has 0 fully saturated rings. The average molecular weight is 419 g/mol. The van der Waals surface area contributed by atoms with Crippen LogP contribution in [0.4, 0.5) is 0 Å². The SMILES string of the molecule is CCCC/C=C(\C)CC/C=C(\C)CCCC(C)CCC1=CC(O)C(C)C(C)=C1P. The lowest BCUT2D eigenvalue weighted by molar-refractivity contribution is 0.176. The zero-order valence-corrected chi connectivity index (χ0v) is 21.2. The molecule has 2 heteroatoms. The normalized spacial score (nSPS) is 22.1. The summed E-state index contributed by atoms with van der Waals surface area (Å²) in [6, 6.07) is 0. The number of allylic oxidation sites excluding steroid dienone is 6. The van der Waals surface area contributed by atoms with Crippen LogP contribution in [0, 0.1) is 11.8 Å². The predicted octanol–water partition coefficient (Wildman–Crippen LogP) is 8.52. The van der Waals surface area contributed by atoms with E-state index >= 15 is 0 Å². The molecular formula is C27H47OP. The van der Waals surface area contributed by atoms with Gasteiger partial charge in [-0.25, -0.2) is 0 Å². The van der Waals surface area contributed by atoms with Gasteiger partial charge in [-0.05, 0) is 82.5 Å². The van der Waals surface area contributed by atoms with Crippen molar-refractivity contribution >= 4 is 9.24 Å². The molecule has 0 aromatic carbocycles. The van der Waals surface area contributed by atoms with Crippen LogP contribution in [-0.4, -0.2) is 11.2 Å². The number of hydrogen-bond acceptors (Lipinski definition) is 1. The summed E-state index contributed by atoms with van der Waals surface area (Å²) in [7, 11) is 2.90. The van der Waals surface area contributed by atoms with E-state index in [0.29, 0.717) is 0 Å². The van der Waals surface area contributed by atoms with E-state index in [2.05, 4.69) is 69.0 Å². The summed E-state index contributed by atoms with van der Waals surface area (Å²) in [5.41, 5.74) is 5.76. The van der Waals surface area contributed by atoms with Gasteiger partial charge >= 0.3 is 0 Å². The number of hydrogen-bond donors (Lipinski definition) is 1. The minimum Gasteiger partial charge on any atom is -0.388 e. The lowest BCUT2D eigenvalue weighted by atomic mass is 9.85. The quantitative estimate of drug-likeness (QED) is 0.180. The molecule has 0 amide bonds. The van der Waals surface area contributed by atoms with Crippen molar-refractivity contribution in [2.45, 2.75) is 112 Å². The number of aliphatic hydroxyl groups is 1. The summed E-state index contributed by atoms with van der Waals surface area (Å²) < 4.78 is 0. The Balaban J connectivity index is 2.27. The van der Waals surface area contributed by atoms with E-state index in [1.807, 2.05) is 0 Å². The number of aliphatic hydroxyl groups excluding tert-OH is 1. The van der Waals surface area contributed by atoms with Crippen LogP contribution in [-0.2, 0) is 0 Å². The smallest absolute Gasteiger partial charge is 0.0789 e. The van der Waals surface area contributed by atoms with Gasteiger partial charge < -0.3 is 5.11 Å². The van der Waals surface area contributed by atoms with Gasteiger partial charge in [-0.1, -0.05) is 75.0 Å². The molecule has 1 aliphatic rings. The average Bonchev–Trinajstić information content (AvgIpc) is 2.68. The van der Waals surface area contributed by atoms with E-state index in [1.54, 1.807) is 11.1 Å². The van der Waals surface area contributed by atoms with E-state index < -0.39 is 0 Å². The lowest BCUT2D eigenvalue weighted by Crippen LogP contribution is -2.21.